The highest BCUT2D eigenvalue weighted by Gasteiger charge is 2.06. The molecule has 0 aliphatic heterocycles. The SMILES string of the molecule is COC(=O)CSCc1cc(OC)ccc1C=CC(=O)O. The molecule has 6 heteroatoms. The number of hydrogen-bond acceptors (Lipinski definition) is 5. The number of carboxylic acids is 1. The maximum Gasteiger partial charge on any atom is 0.328 e. The van der Waals surface area contributed by atoms with E-state index >= 15 is 0 Å². The van der Waals surface area contributed by atoms with Crippen LogP contribution in [0.2, 0.25) is 0 Å². The molecule has 0 aromatic heterocycles. The highest BCUT2D eigenvalue weighted by atomic mass is 32.2. The fourth-order valence-corrected chi connectivity index (χ4v) is 2.32. The lowest BCUT2D eigenvalue weighted by molar-refractivity contribution is -0.137. The number of hydrogen-bond donors (Lipinski definition) is 1. The van der Waals surface area contributed by atoms with Crippen molar-refractivity contribution in [3.05, 3.63) is 35.4 Å². The first-order valence-corrected chi connectivity index (χ1v) is 6.94. The molecule has 1 aromatic carbocycles. The van der Waals surface area contributed by atoms with Crippen LogP contribution in [-0.4, -0.2) is 37.0 Å². The van der Waals surface area contributed by atoms with Crippen molar-refractivity contribution in [1.82, 2.24) is 0 Å². The van der Waals surface area contributed by atoms with E-state index in [9.17, 15) is 9.59 Å². The average Bonchev–Trinajstić information content (AvgIpc) is 2.45. The van der Waals surface area contributed by atoms with Crippen LogP contribution in [-0.2, 0) is 20.1 Å². The van der Waals surface area contributed by atoms with Crippen LogP contribution >= 0.6 is 11.8 Å². The number of carbonyl (C=O) groups excluding carboxylic acids is 1. The highest BCUT2D eigenvalue weighted by Crippen LogP contribution is 2.23. The van der Waals surface area contributed by atoms with Crippen LogP contribution in [0.5, 0.6) is 5.75 Å². The van der Waals surface area contributed by atoms with E-state index in [0.29, 0.717) is 11.5 Å². The molecule has 0 saturated carbocycles. The molecule has 0 amide bonds. The average molecular weight is 296 g/mol. The van der Waals surface area contributed by atoms with E-state index in [0.717, 1.165) is 17.2 Å². The third-order valence-corrected chi connectivity index (χ3v) is 3.42. The topological polar surface area (TPSA) is 72.8 Å². The monoisotopic (exact) mass is 296 g/mol. The zero-order valence-electron chi connectivity index (χ0n) is 11.3. The number of thioether (sulfide) groups is 1. The Kier molecular flexibility index (Phi) is 6.66. The lowest BCUT2D eigenvalue weighted by Gasteiger charge is -2.08. The maximum atomic E-state index is 11.1. The lowest BCUT2D eigenvalue weighted by Crippen LogP contribution is -2.03. The molecule has 0 unspecified atom stereocenters. The van der Waals surface area contributed by atoms with E-state index in [1.807, 2.05) is 6.07 Å². The maximum absolute atomic E-state index is 11.1. The van der Waals surface area contributed by atoms with Gasteiger partial charge in [-0.15, -0.1) is 11.8 Å². The molecule has 0 atom stereocenters. The van der Waals surface area contributed by atoms with Gasteiger partial charge in [0.25, 0.3) is 0 Å². The quantitative estimate of drug-likeness (QED) is 0.614. The minimum Gasteiger partial charge on any atom is -0.497 e. The Bertz CT molecular complexity index is 510. The normalized spacial score (nSPS) is 10.5. The van der Waals surface area contributed by atoms with Crippen molar-refractivity contribution >= 4 is 29.8 Å². The number of methoxy groups -OCH3 is 2. The van der Waals surface area contributed by atoms with Gasteiger partial charge in [-0.3, -0.25) is 4.79 Å². The van der Waals surface area contributed by atoms with Crippen LogP contribution in [0.1, 0.15) is 11.1 Å². The summed E-state index contributed by atoms with van der Waals surface area (Å²) < 4.78 is 9.71. The predicted molar refractivity (Wildman–Crippen MR) is 77.8 cm³/mol. The van der Waals surface area contributed by atoms with Gasteiger partial charge in [-0.05, 0) is 29.3 Å². The Balaban J connectivity index is 2.83. The van der Waals surface area contributed by atoms with E-state index in [2.05, 4.69) is 4.74 Å². The number of benzene rings is 1. The molecule has 0 bridgehead atoms. The lowest BCUT2D eigenvalue weighted by atomic mass is 10.1. The van der Waals surface area contributed by atoms with Crippen LogP contribution in [0.25, 0.3) is 6.08 Å². The van der Waals surface area contributed by atoms with Crippen molar-refractivity contribution in [3.63, 3.8) is 0 Å². The number of rotatable bonds is 7. The molecular weight excluding hydrogens is 280 g/mol. The Morgan fingerprint density at radius 3 is 2.70 bits per heavy atom. The van der Waals surface area contributed by atoms with Crippen LogP contribution in [0.3, 0.4) is 0 Å². The first-order valence-electron chi connectivity index (χ1n) is 5.79. The smallest absolute Gasteiger partial charge is 0.328 e. The molecule has 108 valence electrons. The highest BCUT2D eigenvalue weighted by molar-refractivity contribution is 7.99. The minimum atomic E-state index is -1.01. The number of esters is 1. The summed E-state index contributed by atoms with van der Waals surface area (Å²) in [6.45, 7) is 0. The van der Waals surface area contributed by atoms with Gasteiger partial charge in [-0.1, -0.05) is 6.07 Å². The van der Waals surface area contributed by atoms with E-state index < -0.39 is 5.97 Å². The van der Waals surface area contributed by atoms with E-state index in [-0.39, 0.29) is 11.7 Å². The number of ether oxygens (including phenoxy) is 2. The van der Waals surface area contributed by atoms with Gasteiger partial charge in [0.05, 0.1) is 20.0 Å². The molecule has 1 N–H and O–H groups in total. The van der Waals surface area contributed by atoms with Crippen LogP contribution in [0.4, 0.5) is 0 Å². The molecule has 0 spiro atoms. The molecule has 5 nitrogen and oxygen atoms in total. The van der Waals surface area contributed by atoms with Gasteiger partial charge in [0.1, 0.15) is 5.75 Å². The van der Waals surface area contributed by atoms with Crippen molar-refractivity contribution in [2.45, 2.75) is 5.75 Å². The predicted octanol–water partition coefficient (Wildman–Crippen LogP) is 2.20. The van der Waals surface area contributed by atoms with Gasteiger partial charge in [-0.2, -0.15) is 0 Å². The molecule has 0 radical (unpaired) electrons. The summed E-state index contributed by atoms with van der Waals surface area (Å²) in [5.74, 6) is 0.196. The van der Waals surface area contributed by atoms with Gasteiger partial charge >= 0.3 is 11.9 Å². The van der Waals surface area contributed by atoms with Gasteiger partial charge < -0.3 is 14.6 Å². The third kappa shape index (κ3) is 5.36. The molecule has 0 fully saturated rings. The van der Waals surface area contributed by atoms with Crippen molar-refractivity contribution in [2.75, 3.05) is 20.0 Å². The number of carboxylic acid groups (broad SMARTS) is 1. The second-order valence-corrected chi connectivity index (χ2v) is 4.79. The van der Waals surface area contributed by atoms with Gasteiger partial charge in [0.15, 0.2) is 0 Å². The summed E-state index contributed by atoms with van der Waals surface area (Å²) in [7, 11) is 2.91. The summed E-state index contributed by atoms with van der Waals surface area (Å²) in [6.07, 6.45) is 2.60. The first kappa shape index (κ1) is 16.1. The van der Waals surface area contributed by atoms with Gasteiger partial charge in [0, 0.05) is 11.8 Å². The summed E-state index contributed by atoms with van der Waals surface area (Å²) >= 11 is 1.40. The second kappa shape index (κ2) is 8.27. The standard InChI is InChI=1S/C14H16O5S/c1-18-12-5-3-10(4-6-13(15)16)11(7-12)8-20-9-14(17)19-2/h3-7H,8-9H2,1-2H3,(H,15,16). The fourth-order valence-electron chi connectivity index (χ4n) is 1.46. The van der Waals surface area contributed by atoms with Crippen molar-refractivity contribution in [3.8, 4) is 5.75 Å². The summed E-state index contributed by atoms with van der Waals surface area (Å²) in [5, 5.41) is 8.67. The van der Waals surface area contributed by atoms with Crippen LogP contribution in [0, 0.1) is 0 Å². The van der Waals surface area contributed by atoms with Crippen LogP contribution in [0.15, 0.2) is 24.3 Å². The van der Waals surface area contributed by atoms with Crippen molar-refractivity contribution in [2.24, 2.45) is 0 Å². The van der Waals surface area contributed by atoms with E-state index in [1.54, 1.807) is 19.2 Å². The van der Waals surface area contributed by atoms with Gasteiger partial charge in [-0.25, -0.2) is 4.79 Å². The largest absolute Gasteiger partial charge is 0.497 e. The fraction of sp³-hybridized carbons (Fsp3) is 0.286. The summed E-state index contributed by atoms with van der Waals surface area (Å²) in [6, 6.07) is 5.37. The molecule has 0 heterocycles. The molecule has 0 aliphatic rings. The molecule has 20 heavy (non-hydrogen) atoms. The molecule has 0 saturated heterocycles. The Labute approximate surface area is 121 Å². The van der Waals surface area contributed by atoms with E-state index in [1.165, 1.54) is 24.9 Å². The summed E-state index contributed by atoms with van der Waals surface area (Å²) in [4.78, 5) is 21.6. The zero-order valence-corrected chi connectivity index (χ0v) is 12.1. The second-order valence-electron chi connectivity index (χ2n) is 3.81. The Hall–Kier alpha value is -1.95. The van der Waals surface area contributed by atoms with Gasteiger partial charge in [0.2, 0.25) is 0 Å². The third-order valence-electron chi connectivity index (χ3n) is 2.46. The number of aliphatic carboxylic acids is 1. The zero-order chi connectivity index (χ0) is 15.0. The molecule has 1 aromatic rings. The minimum absolute atomic E-state index is 0.246. The van der Waals surface area contributed by atoms with Crippen molar-refractivity contribution < 1.29 is 24.2 Å². The molecule has 0 aliphatic carbocycles. The Morgan fingerprint density at radius 1 is 1.35 bits per heavy atom. The number of carbonyl (C=O) groups is 2. The van der Waals surface area contributed by atoms with Crippen molar-refractivity contribution in [1.29, 1.82) is 0 Å². The Morgan fingerprint density at radius 2 is 2.10 bits per heavy atom. The molecular formula is C14H16O5S. The van der Waals surface area contributed by atoms with Crippen LogP contribution < -0.4 is 4.74 Å². The molecule has 1 rings (SSSR count). The summed E-state index contributed by atoms with van der Waals surface area (Å²) in [5.41, 5.74) is 1.68. The first-order chi connectivity index (χ1) is 9.56. The van der Waals surface area contributed by atoms with E-state index in [4.69, 9.17) is 9.84 Å².